The second-order valence-electron chi connectivity index (χ2n) is 5.63. The van der Waals surface area contributed by atoms with Crippen LogP contribution in [0.4, 0.5) is 13.2 Å². The summed E-state index contributed by atoms with van der Waals surface area (Å²) >= 11 is 5.95. The second-order valence-corrected chi connectivity index (χ2v) is 6.04. The van der Waals surface area contributed by atoms with Crippen LogP contribution < -0.4 is 10.6 Å². The minimum Gasteiger partial charge on any atom is -0.370 e. The number of carbonyl (C=O) groups excluding carboxylic acids is 2. The molecule has 9 heteroatoms. The fraction of sp³-hybridized carbons (Fsp3) is 0.500. The monoisotopic (exact) mass is 380 g/mol. The molecule has 1 aromatic rings. The quantitative estimate of drug-likeness (QED) is 0.681. The lowest BCUT2D eigenvalue weighted by Crippen LogP contribution is -2.50. The van der Waals surface area contributed by atoms with Crippen LogP contribution in [0.2, 0.25) is 5.02 Å². The number of nitrogens with one attached hydrogen (secondary N) is 2. The third-order valence-electron chi connectivity index (χ3n) is 3.17. The van der Waals surface area contributed by atoms with E-state index < -0.39 is 30.6 Å². The smallest absolute Gasteiger partial charge is 0.370 e. The van der Waals surface area contributed by atoms with Gasteiger partial charge in [-0.25, -0.2) is 0 Å². The molecule has 1 rings (SSSR count). The number of alkyl halides is 3. The largest absolute Gasteiger partial charge is 0.411 e. The first-order valence-electron chi connectivity index (χ1n) is 7.59. The van der Waals surface area contributed by atoms with Gasteiger partial charge in [0.25, 0.3) is 5.91 Å². The normalized spacial score (nSPS) is 12.8. The highest BCUT2D eigenvalue weighted by Crippen LogP contribution is 2.16. The summed E-state index contributed by atoms with van der Waals surface area (Å²) in [7, 11) is 0. The van der Waals surface area contributed by atoms with Gasteiger partial charge in [-0.05, 0) is 18.1 Å². The maximum atomic E-state index is 12.2. The molecule has 0 aliphatic rings. The Hall–Kier alpha value is -1.80. The van der Waals surface area contributed by atoms with E-state index in [4.69, 9.17) is 11.6 Å². The van der Waals surface area contributed by atoms with Crippen LogP contribution in [-0.4, -0.2) is 43.8 Å². The second kappa shape index (κ2) is 9.62. The van der Waals surface area contributed by atoms with Gasteiger partial charge < -0.3 is 15.4 Å². The van der Waals surface area contributed by atoms with Crippen LogP contribution in [0.1, 0.15) is 24.2 Å². The van der Waals surface area contributed by atoms with Crippen LogP contribution >= 0.6 is 11.6 Å². The number of carbonyl (C=O) groups is 2. The van der Waals surface area contributed by atoms with E-state index in [0.717, 1.165) is 0 Å². The molecule has 140 valence electrons. The lowest BCUT2D eigenvalue weighted by atomic mass is 10.0. The highest BCUT2D eigenvalue weighted by molar-refractivity contribution is 6.33. The van der Waals surface area contributed by atoms with Crippen molar-refractivity contribution in [2.24, 2.45) is 5.92 Å². The number of hydrogen-bond acceptors (Lipinski definition) is 3. The topological polar surface area (TPSA) is 67.4 Å². The number of halogens is 4. The third kappa shape index (κ3) is 7.74. The van der Waals surface area contributed by atoms with Crippen molar-refractivity contribution in [3.05, 3.63) is 34.9 Å². The number of hydrogen-bond donors (Lipinski definition) is 2. The van der Waals surface area contributed by atoms with E-state index in [0.29, 0.717) is 0 Å². The van der Waals surface area contributed by atoms with Gasteiger partial charge in [0, 0.05) is 6.54 Å². The molecular formula is C16H20ClF3N2O3. The zero-order chi connectivity index (χ0) is 19.0. The molecule has 2 amide bonds. The molecule has 0 radical (unpaired) electrons. The van der Waals surface area contributed by atoms with Crippen LogP contribution in [0, 0.1) is 5.92 Å². The van der Waals surface area contributed by atoms with E-state index in [1.54, 1.807) is 32.0 Å². The fourth-order valence-corrected chi connectivity index (χ4v) is 2.17. The molecule has 0 spiro atoms. The van der Waals surface area contributed by atoms with Crippen LogP contribution in [0.25, 0.3) is 0 Å². The predicted molar refractivity (Wildman–Crippen MR) is 87.4 cm³/mol. The van der Waals surface area contributed by atoms with Gasteiger partial charge in [0.15, 0.2) is 0 Å². The van der Waals surface area contributed by atoms with Gasteiger partial charge in [-0.3, -0.25) is 9.59 Å². The summed E-state index contributed by atoms with van der Waals surface area (Å²) in [5.41, 5.74) is 0.233. The van der Waals surface area contributed by atoms with E-state index in [9.17, 15) is 22.8 Å². The Bertz CT molecular complexity index is 594. The number of rotatable bonds is 8. The van der Waals surface area contributed by atoms with E-state index in [1.807, 2.05) is 0 Å². The van der Waals surface area contributed by atoms with Gasteiger partial charge in [0.2, 0.25) is 5.91 Å². The van der Waals surface area contributed by atoms with Crippen LogP contribution in [0.5, 0.6) is 0 Å². The molecule has 0 bridgehead atoms. The summed E-state index contributed by atoms with van der Waals surface area (Å²) in [6.07, 6.45) is -4.41. The number of amides is 2. The summed E-state index contributed by atoms with van der Waals surface area (Å²) in [6.45, 7) is 1.71. The molecule has 0 aromatic heterocycles. The van der Waals surface area contributed by atoms with E-state index >= 15 is 0 Å². The molecule has 2 N–H and O–H groups in total. The maximum Gasteiger partial charge on any atom is 0.411 e. The van der Waals surface area contributed by atoms with Gasteiger partial charge in [-0.1, -0.05) is 37.6 Å². The molecule has 0 saturated carbocycles. The zero-order valence-electron chi connectivity index (χ0n) is 13.8. The van der Waals surface area contributed by atoms with Gasteiger partial charge >= 0.3 is 6.18 Å². The number of benzene rings is 1. The van der Waals surface area contributed by atoms with Crippen LogP contribution in [0.15, 0.2) is 24.3 Å². The van der Waals surface area contributed by atoms with Gasteiger partial charge in [-0.15, -0.1) is 0 Å². The maximum absolute atomic E-state index is 12.2. The van der Waals surface area contributed by atoms with Crippen molar-refractivity contribution in [3.8, 4) is 0 Å². The van der Waals surface area contributed by atoms with E-state index in [1.165, 1.54) is 6.07 Å². The van der Waals surface area contributed by atoms with Crippen molar-refractivity contribution < 1.29 is 27.5 Å². The zero-order valence-corrected chi connectivity index (χ0v) is 14.6. The van der Waals surface area contributed by atoms with Gasteiger partial charge in [-0.2, -0.15) is 13.2 Å². The standard InChI is InChI=1S/C16H20ClF3N2O3/c1-10(2)13(15(24)21-7-8-25-9-16(18,19)20)22-14(23)11-5-3-4-6-12(11)17/h3-6,10,13H,7-9H2,1-2H3,(H,21,24)(H,22,23). The molecule has 25 heavy (non-hydrogen) atoms. The van der Waals surface area contributed by atoms with E-state index in [2.05, 4.69) is 15.4 Å². The molecule has 0 heterocycles. The Morgan fingerprint density at radius 2 is 1.88 bits per heavy atom. The van der Waals surface area contributed by atoms with Crippen molar-refractivity contribution in [2.45, 2.75) is 26.1 Å². The Morgan fingerprint density at radius 3 is 2.44 bits per heavy atom. The summed E-state index contributed by atoms with van der Waals surface area (Å²) in [4.78, 5) is 24.4. The van der Waals surface area contributed by atoms with Crippen LogP contribution in [-0.2, 0) is 9.53 Å². The molecule has 0 saturated heterocycles. The third-order valence-corrected chi connectivity index (χ3v) is 3.50. The van der Waals surface area contributed by atoms with Crippen molar-refractivity contribution >= 4 is 23.4 Å². The minimum absolute atomic E-state index is 0.0971. The Labute approximate surface area is 148 Å². The molecule has 0 fully saturated rings. The SMILES string of the molecule is CC(C)C(NC(=O)c1ccccc1Cl)C(=O)NCCOCC(F)(F)F. The summed E-state index contributed by atoms with van der Waals surface area (Å²) in [5, 5.41) is 5.28. The Balaban J connectivity index is 2.54. The average molecular weight is 381 g/mol. The first kappa shape index (κ1) is 21.2. The highest BCUT2D eigenvalue weighted by Gasteiger charge is 2.28. The summed E-state index contributed by atoms with van der Waals surface area (Å²) in [5.74, 6) is -1.25. The van der Waals surface area contributed by atoms with Crippen molar-refractivity contribution in [3.63, 3.8) is 0 Å². The van der Waals surface area contributed by atoms with Gasteiger partial charge in [0.05, 0.1) is 17.2 Å². The molecular weight excluding hydrogens is 361 g/mol. The highest BCUT2D eigenvalue weighted by atomic mass is 35.5. The lowest BCUT2D eigenvalue weighted by Gasteiger charge is -2.22. The molecule has 0 aliphatic carbocycles. The first-order chi connectivity index (χ1) is 11.6. The van der Waals surface area contributed by atoms with Crippen molar-refractivity contribution in [1.82, 2.24) is 10.6 Å². The Morgan fingerprint density at radius 1 is 1.24 bits per heavy atom. The van der Waals surface area contributed by atoms with Crippen molar-refractivity contribution in [1.29, 1.82) is 0 Å². The molecule has 1 unspecified atom stereocenters. The molecule has 5 nitrogen and oxygen atoms in total. The summed E-state index contributed by atoms with van der Waals surface area (Å²) < 4.78 is 40.2. The first-order valence-corrected chi connectivity index (χ1v) is 7.97. The molecule has 0 aliphatic heterocycles. The van der Waals surface area contributed by atoms with Crippen LogP contribution in [0.3, 0.4) is 0 Å². The molecule has 1 aromatic carbocycles. The molecule has 1 atom stereocenters. The lowest BCUT2D eigenvalue weighted by molar-refractivity contribution is -0.173. The summed E-state index contributed by atoms with van der Waals surface area (Å²) in [6, 6.07) is 5.54. The van der Waals surface area contributed by atoms with Crippen molar-refractivity contribution in [2.75, 3.05) is 19.8 Å². The predicted octanol–water partition coefficient (Wildman–Crippen LogP) is 2.79. The average Bonchev–Trinajstić information content (AvgIpc) is 2.50. The fourth-order valence-electron chi connectivity index (χ4n) is 1.94. The minimum atomic E-state index is -4.41. The number of ether oxygens (including phenoxy) is 1. The van der Waals surface area contributed by atoms with E-state index in [-0.39, 0.29) is 29.7 Å². The Kier molecular flexibility index (Phi) is 8.18. The van der Waals surface area contributed by atoms with Gasteiger partial charge in [0.1, 0.15) is 12.6 Å².